The van der Waals surface area contributed by atoms with E-state index < -0.39 is 0 Å². The molecule has 1 amide bonds. The van der Waals surface area contributed by atoms with Crippen LogP contribution in [0, 0.1) is 12.8 Å². The molecular formula is C13H17ClN2O. The fourth-order valence-electron chi connectivity index (χ4n) is 2.04. The molecule has 1 aromatic rings. The molecule has 1 aliphatic heterocycles. The highest BCUT2D eigenvalue weighted by Crippen LogP contribution is 2.21. The van der Waals surface area contributed by atoms with Gasteiger partial charge in [0, 0.05) is 17.3 Å². The number of benzene rings is 1. The molecule has 92 valence electrons. The molecule has 1 saturated heterocycles. The lowest BCUT2D eigenvalue weighted by molar-refractivity contribution is -0.120. The van der Waals surface area contributed by atoms with Crippen molar-refractivity contribution in [1.29, 1.82) is 0 Å². The summed E-state index contributed by atoms with van der Waals surface area (Å²) in [5.41, 5.74) is 1.85. The van der Waals surface area contributed by atoms with Gasteiger partial charge in [-0.05, 0) is 44.0 Å². The molecule has 1 fully saturated rings. The van der Waals surface area contributed by atoms with Crippen LogP contribution in [0.4, 0.5) is 5.69 Å². The SMILES string of the molecule is Cc1ccc(Cl)cc1NC(=O)C1CCCNC1. The summed E-state index contributed by atoms with van der Waals surface area (Å²) in [6.45, 7) is 3.75. The van der Waals surface area contributed by atoms with Crippen LogP contribution in [0.3, 0.4) is 0 Å². The monoisotopic (exact) mass is 252 g/mol. The average molecular weight is 253 g/mol. The number of hydrogen-bond acceptors (Lipinski definition) is 2. The highest BCUT2D eigenvalue weighted by atomic mass is 35.5. The fourth-order valence-corrected chi connectivity index (χ4v) is 2.21. The molecule has 4 heteroatoms. The number of amides is 1. The van der Waals surface area contributed by atoms with Crippen LogP contribution in [0.5, 0.6) is 0 Å². The zero-order valence-electron chi connectivity index (χ0n) is 9.92. The van der Waals surface area contributed by atoms with Gasteiger partial charge in [-0.15, -0.1) is 0 Å². The lowest BCUT2D eigenvalue weighted by Crippen LogP contribution is -2.37. The molecule has 0 aliphatic carbocycles. The van der Waals surface area contributed by atoms with Crippen LogP contribution in [0.1, 0.15) is 18.4 Å². The standard InChI is InChI=1S/C13H17ClN2O/c1-9-4-5-11(14)7-12(9)16-13(17)10-3-2-6-15-8-10/h4-5,7,10,15H,2-3,6,8H2,1H3,(H,16,17). The number of rotatable bonds is 2. The molecule has 1 atom stereocenters. The van der Waals surface area contributed by atoms with Crippen molar-refractivity contribution >= 4 is 23.2 Å². The minimum absolute atomic E-state index is 0.0714. The number of nitrogens with one attached hydrogen (secondary N) is 2. The Morgan fingerprint density at radius 2 is 2.35 bits per heavy atom. The third kappa shape index (κ3) is 3.20. The van der Waals surface area contributed by atoms with Gasteiger partial charge >= 0.3 is 0 Å². The predicted molar refractivity (Wildman–Crippen MR) is 70.4 cm³/mol. The molecule has 0 radical (unpaired) electrons. The second-order valence-corrected chi connectivity index (χ2v) is 4.93. The quantitative estimate of drug-likeness (QED) is 0.850. The van der Waals surface area contributed by atoms with Crippen LogP contribution in [0.2, 0.25) is 5.02 Å². The van der Waals surface area contributed by atoms with Gasteiger partial charge in [-0.25, -0.2) is 0 Å². The molecular weight excluding hydrogens is 236 g/mol. The van der Waals surface area contributed by atoms with Crippen LogP contribution in [0.15, 0.2) is 18.2 Å². The van der Waals surface area contributed by atoms with Crippen molar-refractivity contribution in [1.82, 2.24) is 5.32 Å². The summed E-state index contributed by atoms with van der Waals surface area (Å²) in [5, 5.41) is 6.84. The van der Waals surface area contributed by atoms with Gasteiger partial charge in [0.25, 0.3) is 0 Å². The van der Waals surface area contributed by atoms with Crippen molar-refractivity contribution in [2.75, 3.05) is 18.4 Å². The van der Waals surface area contributed by atoms with Crippen molar-refractivity contribution < 1.29 is 4.79 Å². The molecule has 1 unspecified atom stereocenters. The summed E-state index contributed by atoms with van der Waals surface area (Å²) in [5.74, 6) is 0.157. The van der Waals surface area contributed by atoms with Gasteiger partial charge in [-0.3, -0.25) is 4.79 Å². The van der Waals surface area contributed by atoms with Crippen molar-refractivity contribution in [3.05, 3.63) is 28.8 Å². The van der Waals surface area contributed by atoms with Gasteiger partial charge in [0.2, 0.25) is 5.91 Å². The molecule has 17 heavy (non-hydrogen) atoms. The van der Waals surface area contributed by atoms with Crippen LogP contribution in [-0.4, -0.2) is 19.0 Å². The van der Waals surface area contributed by atoms with Crippen molar-refractivity contribution in [2.45, 2.75) is 19.8 Å². The first-order chi connectivity index (χ1) is 8.16. The topological polar surface area (TPSA) is 41.1 Å². The van der Waals surface area contributed by atoms with E-state index in [0.717, 1.165) is 37.2 Å². The number of carbonyl (C=O) groups excluding carboxylic acids is 1. The molecule has 2 N–H and O–H groups in total. The van der Waals surface area contributed by atoms with E-state index in [-0.39, 0.29) is 11.8 Å². The number of halogens is 1. The highest BCUT2D eigenvalue weighted by Gasteiger charge is 2.21. The van der Waals surface area contributed by atoms with Crippen LogP contribution in [0.25, 0.3) is 0 Å². The van der Waals surface area contributed by atoms with Gasteiger partial charge in [-0.1, -0.05) is 17.7 Å². The molecule has 0 saturated carbocycles. The minimum atomic E-state index is 0.0714. The highest BCUT2D eigenvalue weighted by molar-refractivity contribution is 6.31. The van der Waals surface area contributed by atoms with Gasteiger partial charge in [0.15, 0.2) is 0 Å². The number of aryl methyl sites for hydroxylation is 1. The molecule has 1 aromatic carbocycles. The number of anilines is 1. The molecule has 0 aromatic heterocycles. The third-order valence-corrected chi connectivity index (χ3v) is 3.36. The fraction of sp³-hybridized carbons (Fsp3) is 0.462. The largest absolute Gasteiger partial charge is 0.326 e. The Hall–Kier alpha value is -1.06. The van der Waals surface area contributed by atoms with Crippen LogP contribution < -0.4 is 10.6 Å². The molecule has 0 bridgehead atoms. The van der Waals surface area contributed by atoms with Crippen LogP contribution >= 0.6 is 11.6 Å². The lowest BCUT2D eigenvalue weighted by atomic mass is 9.98. The summed E-state index contributed by atoms with van der Waals surface area (Å²) < 4.78 is 0. The van der Waals surface area contributed by atoms with Gasteiger partial charge in [0.05, 0.1) is 5.92 Å². The van der Waals surface area contributed by atoms with Crippen LogP contribution in [-0.2, 0) is 4.79 Å². The van der Waals surface area contributed by atoms with Gasteiger partial charge in [-0.2, -0.15) is 0 Å². The maximum Gasteiger partial charge on any atom is 0.228 e. The number of carbonyl (C=O) groups is 1. The Bertz CT molecular complexity index is 414. The minimum Gasteiger partial charge on any atom is -0.326 e. The Balaban J connectivity index is 2.04. The van der Waals surface area contributed by atoms with E-state index in [2.05, 4.69) is 10.6 Å². The van der Waals surface area contributed by atoms with E-state index in [1.54, 1.807) is 6.07 Å². The lowest BCUT2D eigenvalue weighted by Gasteiger charge is -2.22. The number of piperidine rings is 1. The van der Waals surface area contributed by atoms with Crippen molar-refractivity contribution in [3.8, 4) is 0 Å². The normalized spacial score (nSPS) is 20.0. The van der Waals surface area contributed by atoms with E-state index in [9.17, 15) is 4.79 Å². The van der Waals surface area contributed by atoms with Crippen molar-refractivity contribution in [2.24, 2.45) is 5.92 Å². The smallest absolute Gasteiger partial charge is 0.228 e. The molecule has 0 spiro atoms. The first-order valence-electron chi connectivity index (χ1n) is 5.94. The first kappa shape index (κ1) is 12.4. The van der Waals surface area contributed by atoms with Crippen molar-refractivity contribution in [3.63, 3.8) is 0 Å². The van der Waals surface area contributed by atoms with E-state index in [4.69, 9.17) is 11.6 Å². The predicted octanol–water partition coefficient (Wildman–Crippen LogP) is 2.59. The molecule has 3 nitrogen and oxygen atoms in total. The summed E-state index contributed by atoms with van der Waals surface area (Å²) in [6, 6.07) is 5.54. The second-order valence-electron chi connectivity index (χ2n) is 4.49. The molecule has 2 rings (SSSR count). The van der Waals surface area contributed by atoms with E-state index >= 15 is 0 Å². The summed E-state index contributed by atoms with van der Waals surface area (Å²) in [6.07, 6.45) is 2.02. The maximum absolute atomic E-state index is 12.0. The Morgan fingerprint density at radius 3 is 3.06 bits per heavy atom. The van der Waals surface area contributed by atoms with Gasteiger partial charge < -0.3 is 10.6 Å². The van der Waals surface area contributed by atoms with E-state index in [1.807, 2.05) is 19.1 Å². The molecule has 1 aliphatic rings. The average Bonchev–Trinajstić information content (AvgIpc) is 2.35. The zero-order chi connectivity index (χ0) is 12.3. The first-order valence-corrected chi connectivity index (χ1v) is 6.32. The molecule has 1 heterocycles. The third-order valence-electron chi connectivity index (χ3n) is 3.13. The zero-order valence-corrected chi connectivity index (χ0v) is 10.7. The summed E-state index contributed by atoms with van der Waals surface area (Å²) in [4.78, 5) is 12.0. The van der Waals surface area contributed by atoms with Gasteiger partial charge in [0.1, 0.15) is 0 Å². The summed E-state index contributed by atoms with van der Waals surface area (Å²) >= 11 is 5.92. The maximum atomic E-state index is 12.0. The Morgan fingerprint density at radius 1 is 1.53 bits per heavy atom. The van der Waals surface area contributed by atoms with E-state index in [1.165, 1.54) is 0 Å². The Labute approximate surface area is 107 Å². The summed E-state index contributed by atoms with van der Waals surface area (Å²) in [7, 11) is 0. The number of hydrogen-bond donors (Lipinski definition) is 2. The Kier molecular flexibility index (Phi) is 4.02. The van der Waals surface area contributed by atoms with E-state index in [0.29, 0.717) is 5.02 Å². The second kappa shape index (κ2) is 5.52.